The van der Waals surface area contributed by atoms with Gasteiger partial charge in [0, 0.05) is 0 Å². The lowest BCUT2D eigenvalue weighted by atomic mass is 10.4. The van der Waals surface area contributed by atoms with Crippen molar-refractivity contribution in [3.8, 4) is 11.7 Å². The van der Waals surface area contributed by atoms with Crippen LogP contribution in [-0.4, -0.2) is 41.3 Å². The van der Waals surface area contributed by atoms with E-state index < -0.39 is 0 Å². The molecule has 0 radical (unpaired) electrons. The topological polar surface area (TPSA) is 81.6 Å². The highest BCUT2D eigenvalue weighted by atomic mass is 16.5. The second-order valence-corrected chi connectivity index (χ2v) is 3.86. The molecule has 0 spiro atoms. The zero-order chi connectivity index (χ0) is 13.7. The minimum atomic E-state index is -0.298. The number of hydrogen-bond donors (Lipinski definition) is 0. The molecule has 7 nitrogen and oxygen atoms in total. The summed E-state index contributed by atoms with van der Waals surface area (Å²) < 4.78 is 15.3. The number of ether oxygens (including phenoxy) is 1. The van der Waals surface area contributed by atoms with E-state index in [1.54, 1.807) is 12.1 Å². The summed E-state index contributed by atoms with van der Waals surface area (Å²) in [6.45, 7) is 3.19. The molecule has 2 aromatic rings. The van der Waals surface area contributed by atoms with Crippen LogP contribution in [0.4, 0.5) is 0 Å². The largest absolute Gasteiger partial charge is 0.468 e. The Kier molecular flexibility index (Phi) is 4.30. The molecule has 0 aliphatic rings. The molecule has 0 amide bonds. The maximum atomic E-state index is 11.2. The number of likely N-dealkylation sites (N-methyl/N-ethyl adjacent to an activating group) is 1. The van der Waals surface area contributed by atoms with Crippen molar-refractivity contribution < 1.29 is 18.4 Å². The molecular formula is C12H15N3O4. The third-order valence-electron chi connectivity index (χ3n) is 2.59. The van der Waals surface area contributed by atoms with Crippen molar-refractivity contribution in [3.63, 3.8) is 0 Å². The van der Waals surface area contributed by atoms with Crippen LogP contribution in [0.15, 0.2) is 27.2 Å². The summed E-state index contributed by atoms with van der Waals surface area (Å²) in [6.07, 6.45) is 1.54. The number of esters is 1. The molecule has 102 valence electrons. The molecule has 0 fully saturated rings. The average Bonchev–Trinajstić information content (AvgIpc) is 3.08. The van der Waals surface area contributed by atoms with Gasteiger partial charge >= 0.3 is 5.97 Å². The van der Waals surface area contributed by atoms with E-state index in [0.29, 0.717) is 30.6 Å². The zero-order valence-electron chi connectivity index (χ0n) is 10.8. The first-order valence-corrected chi connectivity index (χ1v) is 5.88. The third kappa shape index (κ3) is 3.41. The van der Waals surface area contributed by atoms with Crippen LogP contribution in [0, 0.1) is 0 Å². The maximum Gasteiger partial charge on any atom is 0.319 e. The predicted octanol–water partition coefficient (Wildman–Crippen LogP) is 1.32. The standard InChI is InChI=1S/C12H15N3O4/c1-3-15(8-11(16)17-2)7-10-13-14-12(19-10)9-5-4-6-18-9/h4-6H,3,7-8H2,1-2H3. The summed E-state index contributed by atoms with van der Waals surface area (Å²) in [6, 6.07) is 3.48. The van der Waals surface area contributed by atoms with Gasteiger partial charge in [-0.05, 0) is 18.7 Å². The molecule has 0 saturated heterocycles. The zero-order valence-corrected chi connectivity index (χ0v) is 10.8. The molecule has 2 aromatic heterocycles. The molecule has 0 unspecified atom stereocenters. The van der Waals surface area contributed by atoms with Gasteiger partial charge in [0.05, 0.1) is 26.5 Å². The van der Waals surface area contributed by atoms with Gasteiger partial charge < -0.3 is 13.6 Å². The fraction of sp³-hybridized carbons (Fsp3) is 0.417. The normalized spacial score (nSPS) is 10.9. The van der Waals surface area contributed by atoms with Crippen molar-refractivity contribution in [2.24, 2.45) is 0 Å². The van der Waals surface area contributed by atoms with Crippen molar-refractivity contribution in [1.82, 2.24) is 15.1 Å². The third-order valence-corrected chi connectivity index (χ3v) is 2.59. The number of carbonyl (C=O) groups is 1. The fourth-order valence-corrected chi connectivity index (χ4v) is 1.54. The van der Waals surface area contributed by atoms with E-state index in [0.717, 1.165) is 0 Å². The molecule has 0 atom stereocenters. The smallest absolute Gasteiger partial charge is 0.319 e. The Bertz CT molecular complexity index is 521. The number of nitrogens with zero attached hydrogens (tertiary/aromatic N) is 3. The lowest BCUT2D eigenvalue weighted by molar-refractivity contribution is -0.142. The summed E-state index contributed by atoms with van der Waals surface area (Å²) in [4.78, 5) is 13.1. The minimum Gasteiger partial charge on any atom is -0.468 e. The van der Waals surface area contributed by atoms with Gasteiger partial charge in [0.15, 0.2) is 5.76 Å². The van der Waals surface area contributed by atoms with Gasteiger partial charge in [-0.25, -0.2) is 0 Å². The van der Waals surface area contributed by atoms with Crippen molar-refractivity contribution in [1.29, 1.82) is 0 Å². The van der Waals surface area contributed by atoms with Crippen molar-refractivity contribution in [2.45, 2.75) is 13.5 Å². The second kappa shape index (κ2) is 6.14. The molecule has 0 bridgehead atoms. The van der Waals surface area contributed by atoms with Gasteiger partial charge in [-0.15, -0.1) is 10.2 Å². The number of hydrogen-bond acceptors (Lipinski definition) is 7. The number of methoxy groups -OCH3 is 1. The quantitative estimate of drug-likeness (QED) is 0.728. The van der Waals surface area contributed by atoms with Gasteiger partial charge in [-0.1, -0.05) is 6.92 Å². The van der Waals surface area contributed by atoms with Crippen molar-refractivity contribution in [3.05, 3.63) is 24.3 Å². The summed E-state index contributed by atoms with van der Waals surface area (Å²) in [5.41, 5.74) is 0. The van der Waals surface area contributed by atoms with Gasteiger partial charge in [0.1, 0.15) is 0 Å². The van der Waals surface area contributed by atoms with Crippen LogP contribution in [0.1, 0.15) is 12.8 Å². The van der Waals surface area contributed by atoms with Crippen LogP contribution in [0.2, 0.25) is 0 Å². The van der Waals surface area contributed by atoms with Crippen LogP contribution in [0.3, 0.4) is 0 Å². The molecule has 2 rings (SSSR count). The van der Waals surface area contributed by atoms with Crippen LogP contribution in [0.5, 0.6) is 0 Å². The van der Waals surface area contributed by atoms with Gasteiger partial charge in [0.2, 0.25) is 5.89 Å². The Morgan fingerprint density at radius 1 is 1.47 bits per heavy atom. The first kappa shape index (κ1) is 13.3. The summed E-state index contributed by atoms with van der Waals surface area (Å²) >= 11 is 0. The van der Waals surface area contributed by atoms with E-state index in [1.165, 1.54) is 13.4 Å². The highest BCUT2D eigenvalue weighted by molar-refractivity contribution is 5.71. The molecule has 0 aliphatic heterocycles. The van der Waals surface area contributed by atoms with Crippen molar-refractivity contribution in [2.75, 3.05) is 20.2 Å². The minimum absolute atomic E-state index is 0.186. The lowest BCUT2D eigenvalue weighted by Gasteiger charge is -2.15. The molecule has 7 heteroatoms. The Morgan fingerprint density at radius 3 is 2.95 bits per heavy atom. The van der Waals surface area contributed by atoms with Gasteiger partial charge in [-0.3, -0.25) is 9.69 Å². The van der Waals surface area contributed by atoms with E-state index in [1.807, 2.05) is 11.8 Å². The molecule has 2 heterocycles. The fourth-order valence-electron chi connectivity index (χ4n) is 1.54. The van der Waals surface area contributed by atoms with Gasteiger partial charge in [0.25, 0.3) is 5.89 Å². The van der Waals surface area contributed by atoms with Crippen LogP contribution < -0.4 is 0 Å². The number of carbonyl (C=O) groups excluding carboxylic acids is 1. The Hall–Kier alpha value is -2.15. The predicted molar refractivity (Wildman–Crippen MR) is 65.0 cm³/mol. The van der Waals surface area contributed by atoms with E-state index in [9.17, 15) is 4.79 Å². The van der Waals surface area contributed by atoms with E-state index in [2.05, 4.69) is 14.9 Å². The number of furan rings is 1. The monoisotopic (exact) mass is 265 g/mol. The highest BCUT2D eigenvalue weighted by Gasteiger charge is 2.15. The summed E-state index contributed by atoms with van der Waals surface area (Å²) in [7, 11) is 1.36. The molecule has 0 aliphatic carbocycles. The molecule has 0 aromatic carbocycles. The Labute approximate surface area is 110 Å². The highest BCUT2D eigenvalue weighted by Crippen LogP contribution is 2.18. The molecule has 19 heavy (non-hydrogen) atoms. The first-order chi connectivity index (χ1) is 9.22. The Morgan fingerprint density at radius 2 is 2.32 bits per heavy atom. The lowest BCUT2D eigenvalue weighted by Crippen LogP contribution is -2.30. The molecular weight excluding hydrogens is 250 g/mol. The van der Waals surface area contributed by atoms with Crippen LogP contribution in [0.25, 0.3) is 11.7 Å². The molecule has 0 N–H and O–H groups in total. The average molecular weight is 265 g/mol. The van der Waals surface area contributed by atoms with Crippen molar-refractivity contribution >= 4 is 5.97 Å². The van der Waals surface area contributed by atoms with Crippen LogP contribution in [-0.2, 0) is 16.1 Å². The van der Waals surface area contributed by atoms with Gasteiger partial charge in [-0.2, -0.15) is 0 Å². The van der Waals surface area contributed by atoms with E-state index >= 15 is 0 Å². The van der Waals surface area contributed by atoms with E-state index in [4.69, 9.17) is 8.83 Å². The number of rotatable bonds is 6. The first-order valence-electron chi connectivity index (χ1n) is 5.88. The Balaban J connectivity index is 2.00. The SMILES string of the molecule is CCN(CC(=O)OC)Cc1nnc(-c2ccco2)o1. The summed E-state index contributed by atoms with van der Waals surface area (Å²) in [5.74, 6) is 0.980. The van der Waals surface area contributed by atoms with Crippen LogP contribution >= 0.6 is 0 Å². The number of aromatic nitrogens is 2. The van der Waals surface area contributed by atoms with E-state index in [-0.39, 0.29) is 12.5 Å². The molecule has 0 saturated carbocycles. The maximum absolute atomic E-state index is 11.2. The summed E-state index contributed by atoms with van der Waals surface area (Å²) in [5, 5.41) is 7.81. The second-order valence-electron chi connectivity index (χ2n) is 3.86.